The molecule has 1 fully saturated rings. The molecule has 0 heterocycles. The smallest absolute Gasteiger partial charge is 0.314 e. The van der Waals surface area contributed by atoms with E-state index in [0.717, 1.165) is 18.4 Å². The first-order chi connectivity index (χ1) is 10.2. The van der Waals surface area contributed by atoms with Crippen LogP contribution in [-0.4, -0.2) is 5.97 Å². The molecule has 0 spiro atoms. The minimum absolute atomic E-state index is 0.0642. The molecule has 0 N–H and O–H groups in total. The molecule has 1 saturated carbocycles. The Hall–Kier alpha value is -2.00. The molecule has 0 atom stereocenters. The van der Waals surface area contributed by atoms with Gasteiger partial charge in [0.2, 0.25) is 0 Å². The summed E-state index contributed by atoms with van der Waals surface area (Å²) in [5.41, 5.74) is 1.05. The minimum atomic E-state index is -0.175. The van der Waals surface area contributed by atoms with Crippen LogP contribution in [0.15, 0.2) is 48.5 Å². The van der Waals surface area contributed by atoms with Crippen LogP contribution in [0, 0.1) is 5.92 Å². The van der Waals surface area contributed by atoms with Gasteiger partial charge in [-0.05, 0) is 30.5 Å². The molecule has 4 heteroatoms. The number of carbonyl (C=O) groups excluding carboxylic acids is 1. The van der Waals surface area contributed by atoms with E-state index in [9.17, 15) is 4.79 Å². The van der Waals surface area contributed by atoms with Crippen molar-refractivity contribution in [2.24, 2.45) is 5.92 Å². The maximum absolute atomic E-state index is 11.7. The van der Waals surface area contributed by atoms with Gasteiger partial charge in [0, 0.05) is 6.07 Å². The summed E-state index contributed by atoms with van der Waals surface area (Å²) in [5.74, 6) is 0.877. The zero-order valence-electron chi connectivity index (χ0n) is 11.4. The topological polar surface area (TPSA) is 35.5 Å². The van der Waals surface area contributed by atoms with E-state index in [1.165, 1.54) is 0 Å². The summed E-state index contributed by atoms with van der Waals surface area (Å²) in [6.07, 6.45) is 1.84. The molecule has 1 aliphatic carbocycles. The number of hydrogen-bond donors (Lipinski definition) is 0. The molecule has 0 bridgehead atoms. The number of rotatable bonds is 5. The SMILES string of the molecule is O=C(Oc1ccc(Cl)c(OCc2ccccc2)c1)C1CC1. The van der Waals surface area contributed by atoms with Crippen molar-refractivity contribution in [3.8, 4) is 11.5 Å². The van der Waals surface area contributed by atoms with Crippen LogP contribution in [-0.2, 0) is 11.4 Å². The van der Waals surface area contributed by atoms with Gasteiger partial charge in [0.05, 0.1) is 10.9 Å². The molecule has 2 aromatic carbocycles. The summed E-state index contributed by atoms with van der Waals surface area (Å²) in [6.45, 7) is 0.417. The summed E-state index contributed by atoms with van der Waals surface area (Å²) in [5, 5.41) is 0.497. The lowest BCUT2D eigenvalue weighted by Crippen LogP contribution is -2.09. The summed E-state index contributed by atoms with van der Waals surface area (Å²) in [4.78, 5) is 11.7. The van der Waals surface area contributed by atoms with Crippen LogP contribution in [0.25, 0.3) is 0 Å². The van der Waals surface area contributed by atoms with Crippen molar-refractivity contribution in [2.75, 3.05) is 0 Å². The Kier molecular flexibility index (Phi) is 4.11. The lowest BCUT2D eigenvalue weighted by Gasteiger charge is -2.10. The highest BCUT2D eigenvalue weighted by atomic mass is 35.5. The van der Waals surface area contributed by atoms with Gasteiger partial charge < -0.3 is 9.47 Å². The molecular weight excluding hydrogens is 288 g/mol. The number of benzene rings is 2. The fraction of sp³-hybridized carbons (Fsp3) is 0.235. The Labute approximate surface area is 128 Å². The summed E-state index contributed by atoms with van der Waals surface area (Å²) < 4.78 is 11.0. The highest BCUT2D eigenvalue weighted by Crippen LogP contribution is 2.33. The number of hydrogen-bond acceptors (Lipinski definition) is 3. The third kappa shape index (κ3) is 3.76. The first kappa shape index (κ1) is 14.0. The quantitative estimate of drug-likeness (QED) is 0.612. The minimum Gasteiger partial charge on any atom is -0.487 e. The van der Waals surface area contributed by atoms with Crippen LogP contribution < -0.4 is 9.47 Å². The molecule has 3 nitrogen and oxygen atoms in total. The third-order valence-electron chi connectivity index (χ3n) is 3.27. The zero-order valence-corrected chi connectivity index (χ0v) is 12.2. The molecule has 0 amide bonds. The summed E-state index contributed by atoms with van der Waals surface area (Å²) in [6, 6.07) is 14.8. The second-order valence-corrected chi connectivity index (χ2v) is 5.47. The van der Waals surface area contributed by atoms with Crippen molar-refractivity contribution in [1.29, 1.82) is 0 Å². The second-order valence-electron chi connectivity index (χ2n) is 5.06. The van der Waals surface area contributed by atoms with Gasteiger partial charge in [-0.15, -0.1) is 0 Å². The molecule has 0 unspecified atom stereocenters. The maximum atomic E-state index is 11.7. The predicted octanol–water partition coefficient (Wildman–Crippen LogP) is 4.23. The van der Waals surface area contributed by atoms with Crippen molar-refractivity contribution < 1.29 is 14.3 Å². The molecule has 2 aromatic rings. The molecule has 1 aliphatic rings. The van der Waals surface area contributed by atoms with Gasteiger partial charge in [0.1, 0.15) is 18.1 Å². The fourth-order valence-corrected chi connectivity index (χ4v) is 2.08. The highest BCUT2D eigenvalue weighted by molar-refractivity contribution is 6.32. The normalized spacial score (nSPS) is 13.8. The Morgan fingerprint density at radius 2 is 1.90 bits per heavy atom. The van der Waals surface area contributed by atoms with Crippen molar-refractivity contribution >= 4 is 17.6 Å². The van der Waals surface area contributed by atoms with E-state index in [4.69, 9.17) is 21.1 Å². The van der Waals surface area contributed by atoms with Crippen LogP contribution in [0.5, 0.6) is 11.5 Å². The Balaban J connectivity index is 1.67. The first-order valence-electron chi connectivity index (χ1n) is 6.90. The molecule has 3 rings (SSSR count). The van der Waals surface area contributed by atoms with E-state index >= 15 is 0 Å². The third-order valence-corrected chi connectivity index (χ3v) is 3.58. The number of ether oxygens (including phenoxy) is 2. The lowest BCUT2D eigenvalue weighted by atomic mass is 10.2. The van der Waals surface area contributed by atoms with Crippen LogP contribution in [0.4, 0.5) is 0 Å². The molecule has 21 heavy (non-hydrogen) atoms. The zero-order chi connectivity index (χ0) is 14.7. The average molecular weight is 303 g/mol. The molecule has 0 aliphatic heterocycles. The van der Waals surface area contributed by atoms with Crippen LogP contribution in [0.2, 0.25) is 5.02 Å². The van der Waals surface area contributed by atoms with Crippen LogP contribution in [0.1, 0.15) is 18.4 Å². The van der Waals surface area contributed by atoms with Crippen molar-refractivity contribution in [3.05, 3.63) is 59.1 Å². The number of carbonyl (C=O) groups is 1. The van der Waals surface area contributed by atoms with E-state index in [1.54, 1.807) is 18.2 Å². The number of esters is 1. The van der Waals surface area contributed by atoms with Gasteiger partial charge in [-0.2, -0.15) is 0 Å². The standard InChI is InChI=1S/C17H15ClO3/c18-15-9-8-14(21-17(19)13-6-7-13)10-16(15)20-11-12-4-2-1-3-5-12/h1-5,8-10,13H,6-7,11H2. The monoisotopic (exact) mass is 302 g/mol. The Bertz CT molecular complexity index is 636. The van der Waals surface area contributed by atoms with E-state index < -0.39 is 0 Å². The fourth-order valence-electron chi connectivity index (χ4n) is 1.91. The maximum Gasteiger partial charge on any atom is 0.314 e. The van der Waals surface area contributed by atoms with Crippen LogP contribution >= 0.6 is 11.6 Å². The Morgan fingerprint density at radius 3 is 2.62 bits per heavy atom. The highest BCUT2D eigenvalue weighted by Gasteiger charge is 2.31. The lowest BCUT2D eigenvalue weighted by molar-refractivity contribution is -0.135. The van der Waals surface area contributed by atoms with Gasteiger partial charge in [-0.25, -0.2) is 0 Å². The van der Waals surface area contributed by atoms with Gasteiger partial charge in [0.15, 0.2) is 0 Å². The van der Waals surface area contributed by atoms with E-state index in [-0.39, 0.29) is 11.9 Å². The summed E-state index contributed by atoms with van der Waals surface area (Å²) in [7, 11) is 0. The number of halogens is 1. The first-order valence-corrected chi connectivity index (χ1v) is 7.28. The largest absolute Gasteiger partial charge is 0.487 e. The molecule has 0 saturated heterocycles. The van der Waals surface area contributed by atoms with Crippen LogP contribution in [0.3, 0.4) is 0 Å². The predicted molar refractivity (Wildman–Crippen MR) is 80.6 cm³/mol. The summed E-state index contributed by atoms with van der Waals surface area (Å²) >= 11 is 6.11. The van der Waals surface area contributed by atoms with Crippen molar-refractivity contribution in [1.82, 2.24) is 0 Å². The second kappa shape index (κ2) is 6.19. The van der Waals surface area contributed by atoms with Crippen molar-refractivity contribution in [2.45, 2.75) is 19.4 Å². The molecule has 0 aromatic heterocycles. The van der Waals surface area contributed by atoms with Gasteiger partial charge in [-0.1, -0.05) is 41.9 Å². The van der Waals surface area contributed by atoms with E-state index in [1.807, 2.05) is 30.3 Å². The Morgan fingerprint density at radius 1 is 1.14 bits per heavy atom. The van der Waals surface area contributed by atoms with E-state index in [2.05, 4.69) is 0 Å². The molecule has 108 valence electrons. The van der Waals surface area contributed by atoms with Gasteiger partial charge in [0.25, 0.3) is 0 Å². The molecular formula is C17H15ClO3. The van der Waals surface area contributed by atoms with Gasteiger partial charge >= 0.3 is 5.97 Å². The van der Waals surface area contributed by atoms with Crippen molar-refractivity contribution in [3.63, 3.8) is 0 Å². The van der Waals surface area contributed by atoms with E-state index in [0.29, 0.717) is 23.1 Å². The average Bonchev–Trinajstić information content (AvgIpc) is 3.33. The molecule has 0 radical (unpaired) electrons. The van der Waals surface area contributed by atoms with Gasteiger partial charge in [-0.3, -0.25) is 4.79 Å².